The second-order valence-electron chi connectivity index (χ2n) is 4.50. The molecule has 2 rings (SSSR count). The largest absolute Gasteiger partial charge is 0.307 e. The van der Waals surface area contributed by atoms with Crippen molar-refractivity contribution in [1.29, 1.82) is 0 Å². The number of carbonyl (C=O) groups excluding carboxylic acids is 2. The fourth-order valence-electron chi connectivity index (χ4n) is 1.81. The lowest BCUT2D eigenvalue weighted by Gasteiger charge is -2.16. The summed E-state index contributed by atoms with van der Waals surface area (Å²) < 4.78 is 0. The van der Waals surface area contributed by atoms with Crippen molar-refractivity contribution in [2.24, 2.45) is 0 Å². The van der Waals surface area contributed by atoms with Crippen LogP contribution in [-0.4, -0.2) is 18.7 Å². The monoisotopic (exact) mass is 287 g/mol. The summed E-state index contributed by atoms with van der Waals surface area (Å²) in [4.78, 5) is 24.7. The molecular formula is C16H14ClNO2. The summed E-state index contributed by atoms with van der Waals surface area (Å²) >= 11 is 5.80. The Morgan fingerprint density at radius 1 is 1.10 bits per heavy atom. The van der Waals surface area contributed by atoms with Crippen LogP contribution in [0.5, 0.6) is 0 Å². The van der Waals surface area contributed by atoms with Crippen LogP contribution in [0, 0.1) is 6.92 Å². The van der Waals surface area contributed by atoms with Crippen LogP contribution in [0.2, 0.25) is 5.02 Å². The van der Waals surface area contributed by atoms with E-state index >= 15 is 0 Å². The molecule has 1 amide bonds. The molecule has 0 unspecified atom stereocenters. The molecule has 4 heteroatoms. The number of benzene rings is 2. The molecule has 0 aliphatic rings. The first-order valence-corrected chi connectivity index (χ1v) is 6.55. The number of ketones is 1. The highest BCUT2D eigenvalue weighted by Gasteiger charge is 2.12. The first-order chi connectivity index (χ1) is 9.60. The van der Waals surface area contributed by atoms with E-state index in [9.17, 15) is 9.59 Å². The van der Waals surface area contributed by atoms with Crippen molar-refractivity contribution in [1.82, 2.24) is 0 Å². The van der Waals surface area contributed by atoms with E-state index in [1.54, 1.807) is 36.4 Å². The van der Waals surface area contributed by atoms with Gasteiger partial charge in [-0.05, 0) is 31.2 Å². The maximum atomic E-state index is 12.1. The summed E-state index contributed by atoms with van der Waals surface area (Å²) in [6.45, 7) is 1.97. The number of hydrogen-bond donors (Lipinski definition) is 0. The zero-order valence-corrected chi connectivity index (χ0v) is 11.8. The molecule has 0 atom stereocenters. The normalized spacial score (nSPS) is 10.1. The van der Waals surface area contributed by atoms with Crippen LogP contribution >= 0.6 is 11.6 Å². The van der Waals surface area contributed by atoms with Crippen molar-refractivity contribution in [3.8, 4) is 0 Å². The van der Waals surface area contributed by atoms with Gasteiger partial charge in [-0.25, -0.2) is 0 Å². The summed E-state index contributed by atoms with van der Waals surface area (Å²) in [7, 11) is 0. The minimum Gasteiger partial charge on any atom is -0.307 e. The number of amides is 1. The Labute approximate surface area is 122 Å². The minimum absolute atomic E-state index is 0.00813. The number of hydrogen-bond acceptors (Lipinski definition) is 2. The Morgan fingerprint density at radius 2 is 1.70 bits per heavy atom. The van der Waals surface area contributed by atoms with Gasteiger partial charge in [-0.15, -0.1) is 0 Å². The van der Waals surface area contributed by atoms with Crippen LogP contribution in [0.15, 0.2) is 48.5 Å². The van der Waals surface area contributed by atoms with E-state index in [4.69, 9.17) is 11.6 Å². The molecule has 0 saturated heterocycles. The number of Topliss-reactive ketones (excluding diaryl/α,β-unsaturated/α-hetero) is 1. The van der Waals surface area contributed by atoms with Gasteiger partial charge in [-0.3, -0.25) is 9.59 Å². The molecule has 0 bridgehead atoms. The molecule has 0 fully saturated rings. The highest BCUT2D eigenvalue weighted by molar-refractivity contribution is 6.30. The van der Waals surface area contributed by atoms with Gasteiger partial charge in [0.1, 0.15) is 0 Å². The van der Waals surface area contributed by atoms with E-state index in [1.807, 2.05) is 19.1 Å². The number of aryl methyl sites for hydroxylation is 1. The predicted octanol–water partition coefficient (Wildman–Crippen LogP) is 3.49. The van der Waals surface area contributed by atoms with Crippen LogP contribution in [0.4, 0.5) is 5.69 Å². The van der Waals surface area contributed by atoms with Gasteiger partial charge in [0.15, 0.2) is 5.78 Å². The first-order valence-electron chi connectivity index (χ1n) is 6.17. The van der Waals surface area contributed by atoms with Gasteiger partial charge < -0.3 is 4.90 Å². The summed E-state index contributed by atoms with van der Waals surface area (Å²) in [6.07, 6.45) is 0.648. The van der Waals surface area contributed by atoms with E-state index in [-0.39, 0.29) is 12.3 Å². The number of rotatable bonds is 5. The second kappa shape index (κ2) is 6.35. The van der Waals surface area contributed by atoms with Crippen molar-refractivity contribution in [3.63, 3.8) is 0 Å². The molecule has 2 aromatic carbocycles. The van der Waals surface area contributed by atoms with Crippen molar-refractivity contribution >= 4 is 29.5 Å². The van der Waals surface area contributed by atoms with Gasteiger partial charge in [0.2, 0.25) is 6.41 Å². The molecule has 0 aromatic heterocycles. The molecule has 3 nitrogen and oxygen atoms in total. The molecular weight excluding hydrogens is 274 g/mol. The Hall–Kier alpha value is -2.13. The first kappa shape index (κ1) is 14.3. The van der Waals surface area contributed by atoms with Crippen molar-refractivity contribution < 1.29 is 9.59 Å². The molecule has 0 heterocycles. The maximum Gasteiger partial charge on any atom is 0.214 e. The van der Waals surface area contributed by atoms with E-state index in [0.29, 0.717) is 22.7 Å². The van der Waals surface area contributed by atoms with Crippen LogP contribution in [-0.2, 0) is 4.79 Å². The van der Waals surface area contributed by atoms with Gasteiger partial charge in [0.05, 0.1) is 6.54 Å². The van der Waals surface area contributed by atoms with Crippen LogP contribution in [0.25, 0.3) is 0 Å². The molecule has 2 aromatic rings. The number of nitrogens with zero attached hydrogens (tertiary/aromatic N) is 1. The molecule has 0 spiro atoms. The minimum atomic E-state index is -0.105. The lowest BCUT2D eigenvalue weighted by Crippen LogP contribution is -2.28. The van der Waals surface area contributed by atoms with Crippen molar-refractivity contribution in [3.05, 3.63) is 64.7 Å². The lowest BCUT2D eigenvalue weighted by atomic mass is 10.1. The average molecular weight is 288 g/mol. The quantitative estimate of drug-likeness (QED) is 0.623. The van der Waals surface area contributed by atoms with Crippen LogP contribution in [0.1, 0.15) is 15.9 Å². The van der Waals surface area contributed by atoms with E-state index in [0.717, 1.165) is 5.56 Å². The van der Waals surface area contributed by atoms with Gasteiger partial charge in [-0.2, -0.15) is 0 Å². The molecule has 0 aliphatic heterocycles. The Balaban J connectivity index is 2.13. The molecule has 0 saturated carbocycles. The molecule has 0 aliphatic carbocycles. The summed E-state index contributed by atoms with van der Waals surface area (Å²) in [5.41, 5.74) is 2.33. The Morgan fingerprint density at radius 3 is 2.25 bits per heavy atom. The SMILES string of the molecule is Cc1ccc(C(=O)CN(C=O)c2ccc(Cl)cc2)cc1. The van der Waals surface area contributed by atoms with Crippen molar-refractivity contribution in [2.75, 3.05) is 11.4 Å². The third-order valence-corrected chi connectivity index (χ3v) is 3.22. The van der Waals surface area contributed by atoms with Crippen LogP contribution < -0.4 is 4.90 Å². The third kappa shape index (κ3) is 3.45. The molecule has 0 radical (unpaired) electrons. The zero-order chi connectivity index (χ0) is 14.5. The predicted molar refractivity (Wildman–Crippen MR) is 80.4 cm³/mol. The van der Waals surface area contributed by atoms with Gasteiger partial charge in [0.25, 0.3) is 0 Å². The number of halogens is 1. The average Bonchev–Trinajstić information content (AvgIpc) is 2.46. The zero-order valence-electron chi connectivity index (χ0n) is 11.0. The summed E-state index contributed by atoms with van der Waals surface area (Å²) in [6, 6.07) is 14.1. The Bertz CT molecular complexity index is 605. The van der Waals surface area contributed by atoms with E-state index < -0.39 is 0 Å². The molecule has 102 valence electrons. The van der Waals surface area contributed by atoms with Gasteiger partial charge in [-0.1, -0.05) is 41.4 Å². The smallest absolute Gasteiger partial charge is 0.214 e. The Kier molecular flexibility index (Phi) is 4.53. The fraction of sp³-hybridized carbons (Fsp3) is 0.125. The van der Waals surface area contributed by atoms with Crippen LogP contribution in [0.3, 0.4) is 0 Å². The summed E-state index contributed by atoms with van der Waals surface area (Å²) in [5.74, 6) is -0.105. The van der Waals surface area contributed by atoms with E-state index in [1.165, 1.54) is 4.90 Å². The third-order valence-electron chi connectivity index (χ3n) is 2.97. The van der Waals surface area contributed by atoms with E-state index in [2.05, 4.69) is 0 Å². The highest BCUT2D eigenvalue weighted by Crippen LogP contribution is 2.17. The van der Waals surface area contributed by atoms with Gasteiger partial charge >= 0.3 is 0 Å². The standard InChI is InChI=1S/C16H14ClNO2/c1-12-2-4-13(5-3-12)16(20)10-18(11-19)15-8-6-14(17)7-9-15/h2-9,11H,10H2,1H3. The maximum absolute atomic E-state index is 12.1. The van der Waals surface area contributed by atoms with Crippen molar-refractivity contribution in [2.45, 2.75) is 6.92 Å². The molecule has 0 N–H and O–H groups in total. The second-order valence-corrected chi connectivity index (χ2v) is 4.94. The summed E-state index contributed by atoms with van der Waals surface area (Å²) in [5, 5.41) is 0.587. The molecule has 20 heavy (non-hydrogen) atoms. The number of anilines is 1. The fourth-order valence-corrected chi connectivity index (χ4v) is 1.93. The topological polar surface area (TPSA) is 37.4 Å². The lowest BCUT2D eigenvalue weighted by molar-refractivity contribution is -0.107. The number of carbonyl (C=O) groups is 2. The highest BCUT2D eigenvalue weighted by atomic mass is 35.5. The van der Waals surface area contributed by atoms with Gasteiger partial charge in [0, 0.05) is 16.3 Å².